The van der Waals surface area contributed by atoms with E-state index in [0.717, 1.165) is 22.2 Å². The zero-order valence-corrected chi connectivity index (χ0v) is 19.5. The van der Waals surface area contributed by atoms with Crippen molar-refractivity contribution in [3.63, 3.8) is 0 Å². The molecule has 178 valence electrons. The van der Waals surface area contributed by atoms with Crippen LogP contribution < -0.4 is 19.7 Å². The smallest absolute Gasteiger partial charge is 0.267 e. The van der Waals surface area contributed by atoms with Crippen LogP contribution in [0.2, 0.25) is 0 Å². The van der Waals surface area contributed by atoms with Gasteiger partial charge in [-0.25, -0.2) is 0 Å². The van der Waals surface area contributed by atoms with Gasteiger partial charge in [0.05, 0.1) is 18.7 Å². The Morgan fingerprint density at radius 3 is 2.74 bits per heavy atom. The normalized spacial score (nSPS) is 14.9. The Labute approximate surface area is 203 Å². The molecule has 7 heteroatoms. The topological polar surface area (TPSA) is 83.7 Å². The van der Waals surface area contributed by atoms with Crippen LogP contribution in [0.1, 0.15) is 18.9 Å². The number of ether oxygens (including phenoxy) is 2. The molecule has 1 aliphatic heterocycles. The van der Waals surface area contributed by atoms with Gasteiger partial charge < -0.3 is 24.7 Å². The number of aromatic nitrogens is 1. The highest BCUT2D eigenvalue weighted by molar-refractivity contribution is 6.01. The third kappa shape index (κ3) is 4.99. The van der Waals surface area contributed by atoms with Gasteiger partial charge in [-0.3, -0.25) is 9.59 Å². The Hall–Kier alpha value is -4.26. The van der Waals surface area contributed by atoms with E-state index in [-0.39, 0.29) is 18.2 Å². The molecule has 0 aliphatic carbocycles. The molecule has 1 atom stereocenters. The van der Waals surface area contributed by atoms with Crippen molar-refractivity contribution in [1.82, 2.24) is 4.98 Å². The first kappa shape index (κ1) is 22.5. The first-order valence-corrected chi connectivity index (χ1v) is 11.7. The van der Waals surface area contributed by atoms with Gasteiger partial charge in [-0.05, 0) is 55.3 Å². The first-order chi connectivity index (χ1) is 17.1. The molecular weight excluding hydrogens is 442 g/mol. The SMILES string of the molecule is CC1Oc2ccc(NC(=O)Cc3c[nH]c4ccccc34)cc2N(CCCOc2ccccc2)C1=O. The van der Waals surface area contributed by atoms with E-state index in [4.69, 9.17) is 9.47 Å². The number of nitrogens with one attached hydrogen (secondary N) is 2. The molecule has 2 N–H and O–H groups in total. The average Bonchev–Trinajstić information content (AvgIpc) is 3.27. The zero-order valence-electron chi connectivity index (χ0n) is 19.5. The largest absolute Gasteiger partial charge is 0.494 e. The molecule has 0 saturated carbocycles. The van der Waals surface area contributed by atoms with Crippen molar-refractivity contribution < 1.29 is 19.1 Å². The molecule has 0 bridgehead atoms. The molecule has 0 fully saturated rings. The Balaban J connectivity index is 1.26. The van der Waals surface area contributed by atoms with Crippen LogP contribution in [-0.4, -0.2) is 36.1 Å². The number of fused-ring (bicyclic) bond motifs is 2. The van der Waals surface area contributed by atoms with Crippen LogP contribution in [0.5, 0.6) is 11.5 Å². The number of para-hydroxylation sites is 2. The van der Waals surface area contributed by atoms with Crippen molar-refractivity contribution >= 4 is 34.1 Å². The molecule has 0 saturated heterocycles. The van der Waals surface area contributed by atoms with Crippen LogP contribution in [-0.2, 0) is 16.0 Å². The standard InChI is InChI=1S/C28H27N3O4/c1-19-28(33)31(14-7-15-34-22-8-3-2-4-9-22)25-17-21(12-13-26(25)35-19)30-27(32)16-20-18-29-24-11-6-5-10-23(20)24/h2-6,8-13,17-19,29H,7,14-16H2,1H3,(H,30,32). The second kappa shape index (κ2) is 9.93. The van der Waals surface area contributed by atoms with Crippen molar-refractivity contribution in [3.8, 4) is 11.5 Å². The number of benzene rings is 3. The minimum absolute atomic E-state index is 0.112. The van der Waals surface area contributed by atoms with E-state index in [2.05, 4.69) is 10.3 Å². The van der Waals surface area contributed by atoms with E-state index < -0.39 is 6.10 Å². The van der Waals surface area contributed by atoms with Gasteiger partial charge in [0.2, 0.25) is 5.91 Å². The van der Waals surface area contributed by atoms with E-state index in [9.17, 15) is 9.59 Å². The summed E-state index contributed by atoms with van der Waals surface area (Å²) in [6, 6.07) is 22.9. The van der Waals surface area contributed by atoms with Gasteiger partial charge in [-0.15, -0.1) is 0 Å². The second-order valence-electron chi connectivity index (χ2n) is 8.53. The number of hydrogen-bond donors (Lipinski definition) is 2. The highest BCUT2D eigenvalue weighted by Gasteiger charge is 2.31. The van der Waals surface area contributed by atoms with E-state index in [1.54, 1.807) is 30.0 Å². The van der Waals surface area contributed by atoms with Crippen LogP contribution in [0.15, 0.2) is 79.0 Å². The quantitative estimate of drug-likeness (QED) is 0.358. The molecular formula is C28H27N3O4. The van der Waals surface area contributed by atoms with Crippen molar-refractivity contribution in [3.05, 3.63) is 84.6 Å². The molecule has 35 heavy (non-hydrogen) atoms. The minimum atomic E-state index is -0.570. The number of anilines is 2. The van der Waals surface area contributed by atoms with Crippen molar-refractivity contribution in [2.45, 2.75) is 25.9 Å². The van der Waals surface area contributed by atoms with Crippen molar-refractivity contribution in [2.24, 2.45) is 0 Å². The molecule has 5 rings (SSSR count). The molecule has 1 aromatic heterocycles. The van der Waals surface area contributed by atoms with Crippen LogP contribution >= 0.6 is 0 Å². The molecule has 0 radical (unpaired) electrons. The summed E-state index contributed by atoms with van der Waals surface area (Å²) in [5.74, 6) is 1.18. The zero-order chi connectivity index (χ0) is 24.2. The summed E-state index contributed by atoms with van der Waals surface area (Å²) in [6.45, 7) is 2.72. The van der Waals surface area contributed by atoms with Gasteiger partial charge in [-0.2, -0.15) is 0 Å². The maximum atomic E-state index is 12.9. The predicted molar refractivity (Wildman–Crippen MR) is 136 cm³/mol. The van der Waals surface area contributed by atoms with Crippen molar-refractivity contribution in [2.75, 3.05) is 23.4 Å². The molecule has 4 aromatic rings. The number of hydrogen-bond acceptors (Lipinski definition) is 4. The molecule has 1 unspecified atom stereocenters. The summed E-state index contributed by atoms with van der Waals surface area (Å²) >= 11 is 0. The number of rotatable bonds is 8. The fourth-order valence-corrected chi connectivity index (χ4v) is 4.30. The monoisotopic (exact) mass is 469 g/mol. The second-order valence-corrected chi connectivity index (χ2v) is 8.53. The number of carbonyl (C=O) groups excluding carboxylic acids is 2. The maximum Gasteiger partial charge on any atom is 0.267 e. The van der Waals surface area contributed by atoms with Crippen LogP contribution in [0.25, 0.3) is 10.9 Å². The molecule has 2 heterocycles. The Kier molecular flexibility index (Phi) is 6.39. The summed E-state index contributed by atoms with van der Waals surface area (Å²) in [5.41, 5.74) is 3.20. The minimum Gasteiger partial charge on any atom is -0.494 e. The maximum absolute atomic E-state index is 12.9. The Morgan fingerprint density at radius 1 is 1.09 bits per heavy atom. The van der Waals surface area contributed by atoms with E-state index in [1.165, 1.54) is 0 Å². The number of aromatic amines is 1. The van der Waals surface area contributed by atoms with Crippen LogP contribution in [0.4, 0.5) is 11.4 Å². The van der Waals surface area contributed by atoms with Gasteiger partial charge in [0, 0.05) is 29.3 Å². The summed E-state index contributed by atoms with van der Waals surface area (Å²) in [6.07, 6.45) is 2.20. The van der Waals surface area contributed by atoms with Crippen molar-refractivity contribution in [1.29, 1.82) is 0 Å². The van der Waals surface area contributed by atoms with Gasteiger partial charge in [0.1, 0.15) is 11.5 Å². The molecule has 1 aliphatic rings. The third-order valence-electron chi connectivity index (χ3n) is 6.01. The fourth-order valence-electron chi connectivity index (χ4n) is 4.30. The van der Waals surface area contributed by atoms with E-state index >= 15 is 0 Å². The highest BCUT2D eigenvalue weighted by atomic mass is 16.5. The summed E-state index contributed by atoms with van der Waals surface area (Å²) in [4.78, 5) is 30.6. The number of carbonyl (C=O) groups is 2. The third-order valence-corrected chi connectivity index (χ3v) is 6.01. The highest BCUT2D eigenvalue weighted by Crippen LogP contribution is 2.36. The molecule has 3 aromatic carbocycles. The molecule has 2 amide bonds. The van der Waals surface area contributed by atoms with Gasteiger partial charge >= 0.3 is 0 Å². The lowest BCUT2D eigenvalue weighted by Crippen LogP contribution is -2.45. The number of nitrogens with zero attached hydrogens (tertiary/aromatic N) is 1. The summed E-state index contributed by atoms with van der Waals surface area (Å²) in [5, 5.41) is 3.99. The Morgan fingerprint density at radius 2 is 1.89 bits per heavy atom. The lowest BCUT2D eigenvalue weighted by molar-refractivity contribution is -0.125. The lowest BCUT2D eigenvalue weighted by Gasteiger charge is -2.33. The Bertz CT molecular complexity index is 1350. The van der Waals surface area contributed by atoms with Crippen LogP contribution in [0.3, 0.4) is 0 Å². The summed E-state index contributed by atoms with van der Waals surface area (Å²) < 4.78 is 11.6. The summed E-state index contributed by atoms with van der Waals surface area (Å²) in [7, 11) is 0. The van der Waals surface area contributed by atoms with Gasteiger partial charge in [0.15, 0.2) is 6.10 Å². The number of amides is 2. The lowest BCUT2D eigenvalue weighted by atomic mass is 10.1. The van der Waals surface area contributed by atoms with Gasteiger partial charge in [0.25, 0.3) is 5.91 Å². The number of H-pyrrole nitrogens is 1. The van der Waals surface area contributed by atoms with E-state index in [1.807, 2.05) is 60.8 Å². The van der Waals surface area contributed by atoms with Crippen LogP contribution in [0, 0.1) is 0 Å². The fraction of sp³-hybridized carbons (Fsp3) is 0.214. The first-order valence-electron chi connectivity index (χ1n) is 11.7. The van der Waals surface area contributed by atoms with E-state index in [0.29, 0.717) is 36.7 Å². The molecule has 7 nitrogen and oxygen atoms in total. The van der Waals surface area contributed by atoms with Gasteiger partial charge in [-0.1, -0.05) is 36.4 Å². The predicted octanol–water partition coefficient (Wildman–Crippen LogP) is 4.93. The molecule has 0 spiro atoms. The average molecular weight is 470 g/mol.